The predicted molar refractivity (Wildman–Crippen MR) is 74.3 cm³/mol. The first-order chi connectivity index (χ1) is 9.07. The third-order valence-electron chi connectivity index (χ3n) is 3.56. The fourth-order valence-electron chi connectivity index (χ4n) is 2.17. The summed E-state index contributed by atoms with van der Waals surface area (Å²) >= 11 is 0. The SMILES string of the molecule is COC(=O)C(O)C1(C)C=CC(c2ccccc2)=CC1. The Morgan fingerprint density at radius 1 is 1.37 bits per heavy atom. The van der Waals surface area contributed by atoms with Crippen molar-refractivity contribution in [3.8, 4) is 0 Å². The van der Waals surface area contributed by atoms with Gasteiger partial charge in [0.15, 0.2) is 6.10 Å². The van der Waals surface area contributed by atoms with Gasteiger partial charge in [0.2, 0.25) is 0 Å². The zero-order valence-corrected chi connectivity index (χ0v) is 11.2. The Labute approximate surface area is 113 Å². The van der Waals surface area contributed by atoms with Crippen LogP contribution in [-0.2, 0) is 9.53 Å². The van der Waals surface area contributed by atoms with Gasteiger partial charge in [-0.1, -0.05) is 55.5 Å². The van der Waals surface area contributed by atoms with Crippen LogP contribution < -0.4 is 0 Å². The minimum Gasteiger partial charge on any atom is -0.467 e. The van der Waals surface area contributed by atoms with Gasteiger partial charge in [0, 0.05) is 5.41 Å². The molecule has 2 rings (SSSR count). The number of esters is 1. The summed E-state index contributed by atoms with van der Waals surface area (Å²) in [5.41, 5.74) is 1.63. The molecule has 0 bridgehead atoms. The molecule has 3 heteroatoms. The second kappa shape index (κ2) is 5.41. The number of aliphatic hydroxyl groups is 1. The maximum Gasteiger partial charge on any atom is 0.335 e. The van der Waals surface area contributed by atoms with Crippen molar-refractivity contribution in [1.29, 1.82) is 0 Å². The first kappa shape index (κ1) is 13.6. The maximum absolute atomic E-state index is 11.4. The van der Waals surface area contributed by atoms with Crippen molar-refractivity contribution in [2.24, 2.45) is 5.41 Å². The van der Waals surface area contributed by atoms with Gasteiger partial charge in [0.25, 0.3) is 0 Å². The quantitative estimate of drug-likeness (QED) is 0.848. The lowest BCUT2D eigenvalue weighted by atomic mass is 9.76. The summed E-state index contributed by atoms with van der Waals surface area (Å²) in [6, 6.07) is 10.0. The van der Waals surface area contributed by atoms with E-state index in [-0.39, 0.29) is 0 Å². The van der Waals surface area contributed by atoms with E-state index in [1.807, 2.05) is 55.5 Å². The lowest BCUT2D eigenvalue weighted by Crippen LogP contribution is -2.38. The van der Waals surface area contributed by atoms with Gasteiger partial charge in [-0.2, -0.15) is 0 Å². The lowest BCUT2D eigenvalue weighted by molar-refractivity contribution is -0.155. The monoisotopic (exact) mass is 258 g/mol. The molecule has 0 radical (unpaired) electrons. The number of aliphatic hydroxyl groups excluding tert-OH is 1. The summed E-state index contributed by atoms with van der Waals surface area (Å²) in [5, 5.41) is 10.0. The minimum atomic E-state index is -1.14. The summed E-state index contributed by atoms with van der Waals surface area (Å²) < 4.78 is 4.60. The van der Waals surface area contributed by atoms with Gasteiger partial charge in [0.1, 0.15) is 0 Å². The molecule has 0 amide bonds. The molecule has 0 aliphatic heterocycles. The molecule has 0 spiro atoms. The molecule has 1 aromatic rings. The summed E-state index contributed by atoms with van der Waals surface area (Å²) in [6.07, 6.45) is 5.34. The number of hydrogen-bond acceptors (Lipinski definition) is 3. The van der Waals surface area contributed by atoms with E-state index in [2.05, 4.69) is 4.74 Å². The molecule has 1 aromatic carbocycles. The van der Waals surface area contributed by atoms with Crippen LogP contribution in [0.4, 0.5) is 0 Å². The van der Waals surface area contributed by atoms with Gasteiger partial charge in [-0.25, -0.2) is 4.79 Å². The number of rotatable bonds is 3. The van der Waals surface area contributed by atoms with Crippen LogP contribution in [0, 0.1) is 5.41 Å². The van der Waals surface area contributed by atoms with Crippen LogP contribution in [0.2, 0.25) is 0 Å². The molecule has 2 atom stereocenters. The second-order valence-electron chi connectivity index (χ2n) is 4.99. The first-order valence-corrected chi connectivity index (χ1v) is 6.27. The Bertz CT molecular complexity index is 516. The Morgan fingerprint density at radius 2 is 2.05 bits per heavy atom. The Kier molecular flexibility index (Phi) is 3.86. The van der Waals surface area contributed by atoms with Gasteiger partial charge in [-0.3, -0.25) is 0 Å². The minimum absolute atomic E-state index is 0.594. The molecular weight excluding hydrogens is 240 g/mol. The van der Waals surface area contributed by atoms with E-state index in [1.165, 1.54) is 7.11 Å². The highest BCUT2D eigenvalue weighted by Crippen LogP contribution is 2.36. The van der Waals surface area contributed by atoms with Gasteiger partial charge in [-0.15, -0.1) is 0 Å². The van der Waals surface area contributed by atoms with Crippen molar-refractivity contribution in [3.63, 3.8) is 0 Å². The van der Waals surface area contributed by atoms with Crippen molar-refractivity contribution in [2.75, 3.05) is 7.11 Å². The molecule has 0 fully saturated rings. The molecule has 19 heavy (non-hydrogen) atoms. The Hall–Kier alpha value is -1.87. The molecule has 1 aliphatic carbocycles. The van der Waals surface area contributed by atoms with Crippen LogP contribution in [0.5, 0.6) is 0 Å². The summed E-state index contributed by atoms with van der Waals surface area (Å²) in [5.74, 6) is -0.594. The average Bonchev–Trinajstić information content (AvgIpc) is 2.47. The van der Waals surface area contributed by atoms with Crippen LogP contribution in [0.3, 0.4) is 0 Å². The van der Waals surface area contributed by atoms with E-state index in [4.69, 9.17) is 0 Å². The number of benzene rings is 1. The van der Waals surface area contributed by atoms with Crippen LogP contribution in [0.25, 0.3) is 5.57 Å². The number of hydrogen-bond donors (Lipinski definition) is 1. The zero-order chi connectivity index (χ0) is 13.9. The van der Waals surface area contributed by atoms with Crippen molar-refractivity contribution in [2.45, 2.75) is 19.4 Å². The highest BCUT2D eigenvalue weighted by molar-refractivity contribution is 5.78. The van der Waals surface area contributed by atoms with Crippen LogP contribution in [0.15, 0.2) is 48.6 Å². The van der Waals surface area contributed by atoms with Crippen molar-refractivity contribution < 1.29 is 14.6 Å². The normalized spacial score (nSPS) is 23.6. The van der Waals surface area contributed by atoms with E-state index in [0.717, 1.165) is 11.1 Å². The van der Waals surface area contributed by atoms with E-state index in [0.29, 0.717) is 6.42 Å². The van der Waals surface area contributed by atoms with Crippen molar-refractivity contribution >= 4 is 11.5 Å². The molecule has 0 saturated heterocycles. The third kappa shape index (κ3) is 2.76. The standard InChI is InChI=1S/C16H18O3/c1-16(14(17)15(18)19-2)10-8-13(9-11-16)12-6-4-3-5-7-12/h3-10,14,17H,11H2,1-2H3. The van der Waals surface area contributed by atoms with Gasteiger partial charge >= 0.3 is 5.97 Å². The molecule has 1 N–H and O–H groups in total. The smallest absolute Gasteiger partial charge is 0.335 e. The number of methoxy groups -OCH3 is 1. The van der Waals surface area contributed by atoms with Crippen LogP contribution in [-0.4, -0.2) is 24.3 Å². The summed E-state index contributed by atoms with van der Waals surface area (Å²) in [7, 11) is 1.28. The summed E-state index contributed by atoms with van der Waals surface area (Å²) in [6.45, 7) is 1.85. The van der Waals surface area contributed by atoms with Crippen molar-refractivity contribution in [1.82, 2.24) is 0 Å². The van der Waals surface area contributed by atoms with Gasteiger partial charge < -0.3 is 9.84 Å². The van der Waals surface area contributed by atoms with E-state index >= 15 is 0 Å². The highest BCUT2D eigenvalue weighted by Gasteiger charge is 2.37. The summed E-state index contributed by atoms with van der Waals surface area (Å²) in [4.78, 5) is 11.4. The highest BCUT2D eigenvalue weighted by atomic mass is 16.5. The van der Waals surface area contributed by atoms with Gasteiger partial charge in [-0.05, 0) is 17.6 Å². The Balaban J connectivity index is 2.16. The molecule has 1 aliphatic rings. The topological polar surface area (TPSA) is 46.5 Å². The molecule has 0 heterocycles. The molecular formula is C16H18O3. The van der Waals surface area contributed by atoms with Gasteiger partial charge in [0.05, 0.1) is 7.11 Å². The fraction of sp³-hybridized carbons (Fsp3) is 0.312. The lowest BCUT2D eigenvalue weighted by Gasteiger charge is -2.31. The number of carbonyl (C=O) groups excluding carboxylic acids is 1. The van der Waals surface area contributed by atoms with E-state index < -0.39 is 17.5 Å². The molecule has 0 aromatic heterocycles. The Morgan fingerprint density at radius 3 is 2.58 bits per heavy atom. The van der Waals surface area contributed by atoms with E-state index in [1.54, 1.807) is 0 Å². The second-order valence-corrected chi connectivity index (χ2v) is 4.99. The molecule has 2 unspecified atom stereocenters. The zero-order valence-electron chi connectivity index (χ0n) is 11.2. The molecule has 0 saturated carbocycles. The predicted octanol–water partition coefficient (Wildman–Crippen LogP) is 2.57. The third-order valence-corrected chi connectivity index (χ3v) is 3.56. The number of ether oxygens (including phenoxy) is 1. The average molecular weight is 258 g/mol. The number of allylic oxidation sites excluding steroid dienone is 3. The maximum atomic E-state index is 11.4. The first-order valence-electron chi connectivity index (χ1n) is 6.27. The van der Waals surface area contributed by atoms with E-state index in [9.17, 15) is 9.90 Å². The molecule has 3 nitrogen and oxygen atoms in total. The number of carbonyl (C=O) groups is 1. The fourth-order valence-corrected chi connectivity index (χ4v) is 2.17. The van der Waals surface area contributed by atoms with Crippen LogP contribution in [0.1, 0.15) is 18.9 Å². The van der Waals surface area contributed by atoms with Crippen LogP contribution >= 0.6 is 0 Å². The molecule has 100 valence electrons. The van der Waals surface area contributed by atoms with Crippen molar-refractivity contribution in [3.05, 3.63) is 54.1 Å². The largest absolute Gasteiger partial charge is 0.467 e.